The smallest absolute Gasteiger partial charge is 0.350 e. The lowest BCUT2D eigenvalue weighted by atomic mass is 10.1. The molecule has 1 aliphatic rings. The van der Waals surface area contributed by atoms with Gasteiger partial charge in [0.05, 0.1) is 18.4 Å². The summed E-state index contributed by atoms with van der Waals surface area (Å²) in [6.07, 6.45) is 1.56. The molecule has 1 fully saturated rings. The van der Waals surface area contributed by atoms with Crippen LogP contribution in [0.2, 0.25) is 0 Å². The number of methoxy groups -OCH3 is 1. The average molecular weight is 455 g/mol. The number of H-pyrrole nitrogens is 1. The monoisotopic (exact) mass is 454 g/mol. The summed E-state index contributed by atoms with van der Waals surface area (Å²) in [6, 6.07) is 1.37. The standard InChI is InChI=1S/C19H22N2O7S2/c1-11-15(18(23)27-3)12(2)20-16(11)13(22)10-28-19(24)17-14(6-9-29-17)30(25,26)21-7-4-5-8-21/h6,9,20H,4-5,7-8,10H2,1-3H3. The number of carbonyl (C=O) groups is 3. The topological polar surface area (TPSA) is 123 Å². The summed E-state index contributed by atoms with van der Waals surface area (Å²) in [5.41, 5.74) is 1.25. The van der Waals surface area contributed by atoms with E-state index in [4.69, 9.17) is 9.47 Å². The van der Waals surface area contributed by atoms with Crippen LogP contribution in [-0.4, -0.2) is 62.2 Å². The maximum absolute atomic E-state index is 12.8. The normalized spacial score (nSPS) is 14.6. The van der Waals surface area contributed by atoms with Crippen molar-refractivity contribution >= 4 is 39.1 Å². The van der Waals surface area contributed by atoms with Crippen LogP contribution >= 0.6 is 11.3 Å². The van der Waals surface area contributed by atoms with E-state index in [1.165, 1.54) is 22.9 Å². The van der Waals surface area contributed by atoms with Crippen LogP contribution in [0.25, 0.3) is 0 Å². The number of hydrogen-bond donors (Lipinski definition) is 1. The zero-order valence-electron chi connectivity index (χ0n) is 16.8. The Morgan fingerprint density at radius 3 is 2.47 bits per heavy atom. The van der Waals surface area contributed by atoms with Gasteiger partial charge in [0, 0.05) is 18.8 Å². The fourth-order valence-corrected chi connectivity index (χ4v) is 6.22. The molecule has 2 aromatic rings. The van der Waals surface area contributed by atoms with Crippen LogP contribution in [0.15, 0.2) is 16.3 Å². The van der Waals surface area contributed by atoms with Gasteiger partial charge in [-0.05, 0) is 43.7 Å². The van der Waals surface area contributed by atoms with E-state index in [1.807, 2.05) is 0 Å². The van der Waals surface area contributed by atoms with Crippen molar-refractivity contribution in [1.82, 2.24) is 9.29 Å². The van der Waals surface area contributed by atoms with E-state index in [1.54, 1.807) is 13.8 Å². The van der Waals surface area contributed by atoms with Gasteiger partial charge in [0.1, 0.15) is 9.77 Å². The van der Waals surface area contributed by atoms with Gasteiger partial charge in [0.15, 0.2) is 6.61 Å². The lowest BCUT2D eigenvalue weighted by molar-refractivity contribution is 0.0474. The molecule has 1 saturated heterocycles. The molecule has 0 unspecified atom stereocenters. The summed E-state index contributed by atoms with van der Waals surface area (Å²) in [5.74, 6) is -2.00. The van der Waals surface area contributed by atoms with Crippen LogP contribution in [0.3, 0.4) is 0 Å². The number of aryl methyl sites for hydroxylation is 1. The molecule has 0 radical (unpaired) electrons. The molecule has 2 aromatic heterocycles. The molecule has 1 N–H and O–H groups in total. The molecule has 0 amide bonds. The second-order valence-corrected chi connectivity index (χ2v) is 9.66. The number of thiophene rings is 1. The molecule has 9 nitrogen and oxygen atoms in total. The van der Waals surface area contributed by atoms with Crippen molar-refractivity contribution in [2.75, 3.05) is 26.8 Å². The lowest BCUT2D eigenvalue weighted by Gasteiger charge is -2.15. The number of carbonyl (C=O) groups excluding carboxylic acids is 3. The molecule has 0 aliphatic carbocycles. The minimum atomic E-state index is -3.78. The van der Waals surface area contributed by atoms with Gasteiger partial charge in [-0.15, -0.1) is 11.3 Å². The number of Topliss-reactive ketones (excluding diaryl/α,β-unsaturated/α-hetero) is 1. The minimum absolute atomic E-state index is 0.0654. The molecule has 0 saturated carbocycles. The Kier molecular flexibility index (Phi) is 6.44. The van der Waals surface area contributed by atoms with Gasteiger partial charge in [-0.2, -0.15) is 4.31 Å². The number of hydrogen-bond acceptors (Lipinski definition) is 8. The number of sulfonamides is 1. The largest absolute Gasteiger partial charge is 0.465 e. The molecule has 0 aromatic carbocycles. The molecule has 30 heavy (non-hydrogen) atoms. The van der Waals surface area contributed by atoms with Crippen molar-refractivity contribution in [3.8, 4) is 0 Å². The van der Waals surface area contributed by atoms with E-state index in [-0.39, 0.29) is 21.0 Å². The van der Waals surface area contributed by atoms with Crippen LogP contribution < -0.4 is 0 Å². The Morgan fingerprint density at radius 1 is 1.17 bits per heavy atom. The Balaban J connectivity index is 1.74. The number of esters is 2. The molecule has 3 heterocycles. The maximum Gasteiger partial charge on any atom is 0.350 e. The average Bonchev–Trinajstić information content (AvgIpc) is 3.45. The molecule has 0 bridgehead atoms. The fourth-order valence-electron chi connectivity index (χ4n) is 3.42. The van der Waals surface area contributed by atoms with Crippen molar-refractivity contribution in [2.24, 2.45) is 0 Å². The number of aromatic amines is 1. The number of aromatic nitrogens is 1. The summed E-state index contributed by atoms with van der Waals surface area (Å²) >= 11 is 0.947. The first-order valence-electron chi connectivity index (χ1n) is 9.24. The summed E-state index contributed by atoms with van der Waals surface area (Å²) < 4.78 is 36.7. The molecule has 0 atom stereocenters. The van der Waals surface area contributed by atoms with E-state index in [0.29, 0.717) is 24.3 Å². The minimum Gasteiger partial charge on any atom is -0.465 e. The van der Waals surface area contributed by atoms with E-state index < -0.39 is 34.4 Å². The third kappa shape index (κ3) is 4.05. The number of nitrogens with one attached hydrogen (secondary N) is 1. The SMILES string of the molecule is COC(=O)c1c(C)[nH]c(C(=O)COC(=O)c2sccc2S(=O)(=O)N2CCCC2)c1C. The van der Waals surface area contributed by atoms with Gasteiger partial charge in [0.2, 0.25) is 15.8 Å². The van der Waals surface area contributed by atoms with Gasteiger partial charge < -0.3 is 14.5 Å². The molecular weight excluding hydrogens is 432 g/mol. The first-order valence-corrected chi connectivity index (χ1v) is 11.6. The molecule has 0 spiro atoms. The van der Waals surface area contributed by atoms with Crippen molar-refractivity contribution in [2.45, 2.75) is 31.6 Å². The van der Waals surface area contributed by atoms with Crippen molar-refractivity contribution in [3.63, 3.8) is 0 Å². The van der Waals surface area contributed by atoms with Crippen molar-refractivity contribution in [1.29, 1.82) is 0 Å². The molecule has 1 aliphatic heterocycles. The Hall–Kier alpha value is -2.50. The summed E-state index contributed by atoms with van der Waals surface area (Å²) in [4.78, 5) is 39.5. The maximum atomic E-state index is 12.8. The zero-order chi connectivity index (χ0) is 22.1. The first kappa shape index (κ1) is 22.2. The predicted octanol–water partition coefficient (Wildman–Crippen LogP) is 2.30. The van der Waals surface area contributed by atoms with E-state index in [2.05, 4.69) is 4.98 Å². The second kappa shape index (κ2) is 8.70. The summed E-state index contributed by atoms with van der Waals surface area (Å²) in [6.45, 7) is 3.45. The van der Waals surface area contributed by atoms with Gasteiger partial charge in [0.25, 0.3) is 0 Å². The van der Waals surface area contributed by atoms with Crippen LogP contribution in [0, 0.1) is 13.8 Å². The van der Waals surface area contributed by atoms with E-state index >= 15 is 0 Å². The Labute approximate surface area is 178 Å². The number of ketones is 1. The van der Waals surface area contributed by atoms with Crippen molar-refractivity contribution < 1.29 is 32.3 Å². The highest BCUT2D eigenvalue weighted by atomic mass is 32.2. The summed E-state index contributed by atoms with van der Waals surface area (Å²) in [7, 11) is -2.54. The zero-order valence-corrected chi connectivity index (χ0v) is 18.4. The highest BCUT2D eigenvalue weighted by molar-refractivity contribution is 7.89. The van der Waals surface area contributed by atoms with Gasteiger partial charge >= 0.3 is 11.9 Å². The highest BCUT2D eigenvalue weighted by Crippen LogP contribution is 2.28. The lowest BCUT2D eigenvalue weighted by Crippen LogP contribution is -2.29. The number of rotatable bonds is 7. The second-order valence-electron chi connectivity index (χ2n) is 6.84. The number of ether oxygens (including phenoxy) is 2. The van der Waals surface area contributed by atoms with E-state index in [9.17, 15) is 22.8 Å². The third-order valence-corrected chi connectivity index (χ3v) is 7.90. The first-order chi connectivity index (χ1) is 14.2. The van der Waals surface area contributed by atoms with Gasteiger partial charge in [-0.3, -0.25) is 4.79 Å². The quantitative estimate of drug-likeness (QED) is 0.503. The van der Waals surface area contributed by atoms with Crippen LogP contribution in [0.4, 0.5) is 0 Å². The number of nitrogens with zero attached hydrogens (tertiary/aromatic N) is 1. The predicted molar refractivity (Wildman–Crippen MR) is 109 cm³/mol. The van der Waals surface area contributed by atoms with Crippen LogP contribution in [0.5, 0.6) is 0 Å². The Morgan fingerprint density at radius 2 is 1.83 bits per heavy atom. The van der Waals surface area contributed by atoms with Crippen molar-refractivity contribution in [3.05, 3.63) is 38.8 Å². The van der Waals surface area contributed by atoms with Crippen LogP contribution in [-0.2, 0) is 19.5 Å². The fraction of sp³-hybridized carbons (Fsp3) is 0.421. The Bertz CT molecular complexity index is 1090. The molecule has 3 rings (SSSR count). The van der Waals surface area contributed by atoms with Crippen LogP contribution in [0.1, 0.15) is 54.6 Å². The third-order valence-electron chi connectivity index (χ3n) is 4.94. The van der Waals surface area contributed by atoms with Gasteiger partial charge in [-0.25, -0.2) is 18.0 Å². The molecule has 162 valence electrons. The molecular formula is C19H22N2O7S2. The van der Waals surface area contributed by atoms with E-state index in [0.717, 1.165) is 24.2 Å². The summed E-state index contributed by atoms with van der Waals surface area (Å²) in [5, 5.41) is 1.50. The molecule has 11 heteroatoms. The van der Waals surface area contributed by atoms with Gasteiger partial charge in [-0.1, -0.05) is 0 Å². The highest BCUT2D eigenvalue weighted by Gasteiger charge is 2.32.